The Bertz CT molecular complexity index is 830. The molecule has 4 rings (SSSR count). The molecule has 142 valence electrons. The molecule has 27 heavy (non-hydrogen) atoms. The van der Waals surface area contributed by atoms with E-state index in [0.717, 1.165) is 19.3 Å². The molecule has 1 saturated carbocycles. The Kier molecular flexibility index (Phi) is 4.78. The van der Waals surface area contributed by atoms with Gasteiger partial charge in [-0.15, -0.1) is 0 Å². The van der Waals surface area contributed by atoms with Crippen molar-refractivity contribution in [1.82, 2.24) is 0 Å². The van der Waals surface area contributed by atoms with Gasteiger partial charge in [0.25, 0.3) is 0 Å². The predicted molar refractivity (Wildman–Crippen MR) is 89.2 cm³/mol. The number of esters is 1. The maximum absolute atomic E-state index is 13.2. The van der Waals surface area contributed by atoms with E-state index in [1.165, 1.54) is 12.1 Å². The molecule has 1 aliphatic heterocycles. The summed E-state index contributed by atoms with van der Waals surface area (Å²) in [6.07, 6.45) is 4.02. The summed E-state index contributed by atoms with van der Waals surface area (Å²) in [5.74, 6) is -4.60. The number of rotatable bonds is 5. The van der Waals surface area contributed by atoms with Crippen molar-refractivity contribution in [3.8, 4) is 11.5 Å². The number of ether oxygens (including phenoxy) is 3. The van der Waals surface area contributed by atoms with Gasteiger partial charge in [-0.1, -0.05) is 0 Å². The minimum absolute atomic E-state index is 0.180. The third-order valence-electron chi connectivity index (χ3n) is 4.86. The summed E-state index contributed by atoms with van der Waals surface area (Å²) in [6.45, 7) is 0.588. The fourth-order valence-electron chi connectivity index (χ4n) is 3.30. The van der Waals surface area contributed by atoms with Crippen LogP contribution in [0.5, 0.6) is 11.5 Å². The van der Waals surface area contributed by atoms with E-state index in [1.54, 1.807) is 12.1 Å². The van der Waals surface area contributed by atoms with Crippen LogP contribution in [0, 0.1) is 23.4 Å². The first-order valence-electron chi connectivity index (χ1n) is 8.74. The molecule has 0 N–H and O–H groups in total. The molecule has 2 fully saturated rings. The fraction of sp³-hybridized carbons (Fsp3) is 0.350. The second kappa shape index (κ2) is 7.23. The van der Waals surface area contributed by atoms with Crippen LogP contribution in [0.4, 0.5) is 13.2 Å². The van der Waals surface area contributed by atoms with Gasteiger partial charge < -0.3 is 14.2 Å². The van der Waals surface area contributed by atoms with Gasteiger partial charge in [-0.25, -0.2) is 18.0 Å². The highest BCUT2D eigenvalue weighted by molar-refractivity contribution is 5.91. The van der Waals surface area contributed by atoms with Crippen LogP contribution in [0.1, 0.15) is 29.6 Å². The number of benzene rings is 2. The molecule has 0 radical (unpaired) electrons. The van der Waals surface area contributed by atoms with E-state index in [1.807, 2.05) is 0 Å². The Morgan fingerprint density at radius 1 is 1.00 bits per heavy atom. The molecule has 1 heterocycles. The zero-order chi connectivity index (χ0) is 19.0. The first-order chi connectivity index (χ1) is 13.0. The molecule has 2 aliphatic rings. The summed E-state index contributed by atoms with van der Waals surface area (Å²) in [7, 11) is 0. The highest BCUT2D eigenvalue weighted by atomic mass is 19.2. The first-order valence-corrected chi connectivity index (χ1v) is 8.74. The van der Waals surface area contributed by atoms with Gasteiger partial charge >= 0.3 is 5.97 Å². The average molecular weight is 378 g/mol. The highest BCUT2D eigenvalue weighted by Gasteiger charge is 2.43. The number of hydrogen-bond donors (Lipinski definition) is 0. The number of fused-ring (bicyclic) bond motifs is 1. The Morgan fingerprint density at radius 3 is 2.37 bits per heavy atom. The van der Waals surface area contributed by atoms with E-state index < -0.39 is 29.2 Å². The van der Waals surface area contributed by atoms with Crippen molar-refractivity contribution in [2.75, 3.05) is 6.61 Å². The molecule has 4 nitrogen and oxygen atoms in total. The van der Waals surface area contributed by atoms with Gasteiger partial charge in [-0.05, 0) is 49.4 Å². The van der Waals surface area contributed by atoms with Gasteiger partial charge in [-0.2, -0.15) is 0 Å². The number of hydrogen-bond acceptors (Lipinski definition) is 4. The van der Waals surface area contributed by atoms with Crippen molar-refractivity contribution in [1.29, 1.82) is 0 Å². The zero-order valence-corrected chi connectivity index (χ0v) is 14.3. The summed E-state index contributed by atoms with van der Waals surface area (Å²) in [4.78, 5) is 12.1. The zero-order valence-electron chi connectivity index (χ0n) is 14.3. The van der Waals surface area contributed by atoms with Gasteiger partial charge in [0.2, 0.25) is 0 Å². The summed E-state index contributed by atoms with van der Waals surface area (Å²) >= 11 is 0. The number of carbonyl (C=O) groups excluding carboxylic acids is 1. The van der Waals surface area contributed by atoms with E-state index in [9.17, 15) is 18.0 Å². The van der Waals surface area contributed by atoms with Crippen LogP contribution in [0.3, 0.4) is 0 Å². The molecule has 0 spiro atoms. The third kappa shape index (κ3) is 4.08. The summed E-state index contributed by atoms with van der Waals surface area (Å²) in [5, 5.41) is 0. The quantitative estimate of drug-likeness (QED) is 0.337. The largest absolute Gasteiger partial charge is 0.493 e. The van der Waals surface area contributed by atoms with E-state index >= 15 is 0 Å². The Labute approximate surface area is 153 Å². The summed E-state index contributed by atoms with van der Waals surface area (Å²) in [6, 6.07) is 7.48. The van der Waals surface area contributed by atoms with E-state index in [4.69, 9.17) is 14.2 Å². The van der Waals surface area contributed by atoms with Gasteiger partial charge in [0.1, 0.15) is 11.5 Å². The molecule has 7 heteroatoms. The van der Waals surface area contributed by atoms with Crippen LogP contribution in [0.25, 0.3) is 0 Å². The molecule has 0 aromatic heterocycles. The van der Waals surface area contributed by atoms with Gasteiger partial charge in [0.15, 0.2) is 17.5 Å². The van der Waals surface area contributed by atoms with Gasteiger partial charge in [0, 0.05) is 12.1 Å². The molecular formula is C20H17F3O4. The van der Waals surface area contributed by atoms with Crippen LogP contribution in [0.15, 0.2) is 36.4 Å². The lowest BCUT2D eigenvalue weighted by molar-refractivity contribution is 0.0733. The van der Waals surface area contributed by atoms with Crippen LogP contribution >= 0.6 is 0 Å². The Hall–Kier alpha value is -2.54. The maximum atomic E-state index is 13.2. The lowest BCUT2D eigenvalue weighted by Gasteiger charge is -2.19. The SMILES string of the molecule is O=C(Oc1cc(F)c(F)c(F)c1)c1ccc(OCC2CCC3OC3C2)cc1. The van der Waals surface area contributed by atoms with Crippen LogP contribution in [0.2, 0.25) is 0 Å². The van der Waals surface area contributed by atoms with Gasteiger partial charge in [-0.3, -0.25) is 0 Å². The predicted octanol–water partition coefficient (Wildman–Crippen LogP) is 4.27. The molecule has 2 aromatic carbocycles. The molecule has 3 atom stereocenters. The number of carbonyl (C=O) groups is 1. The van der Waals surface area contributed by atoms with E-state index in [0.29, 0.717) is 42.6 Å². The highest BCUT2D eigenvalue weighted by Crippen LogP contribution is 2.39. The summed E-state index contributed by atoms with van der Waals surface area (Å²) in [5.41, 5.74) is 0.180. The average Bonchev–Trinajstić information content (AvgIpc) is 3.43. The van der Waals surface area contributed by atoms with Crippen molar-refractivity contribution in [2.24, 2.45) is 5.92 Å². The maximum Gasteiger partial charge on any atom is 0.343 e. The molecule has 0 amide bonds. The van der Waals surface area contributed by atoms with E-state index in [2.05, 4.69) is 0 Å². The molecule has 1 aliphatic carbocycles. The molecule has 2 aromatic rings. The van der Waals surface area contributed by atoms with Crippen LogP contribution < -0.4 is 9.47 Å². The third-order valence-corrected chi connectivity index (χ3v) is 4.86. The molecule has 3 unspecified atom stereocenters. The summed E-state index contributed by atoms with van der Waals surface area (Å²) < 4.78 is 55.4. The van der Waals surface area contributed by atoms with Crippen molar-refractivity contribution in [3.05, 3.63) is 59.4 Å². The number of epoxide rings is 1. The molecular weight excluding hydrogens is 361 g/mol. The standard InChI is InChI=1S/C20H17F3O4/c21-15-8-14(9-16(22)19(15)23)26-20(24)12-2-4-13(5-3-12)25-10-11-1-6-17-18(7-11)27-17/h2-5,8-9,11,17-18H,1,6-7,10H2. The van der Waals surface area contributed by atoms with Gasteiger partial charge in [0.05, 0.1) is 24.4 Å². The second-order valence-corrected chi connectivity index (χ2v) is 6.82. The first kappa shape index (κ1) is 17.9. The second-order valence-electron chi connectivity index (χ2n) is 6.82. The topological polar surface area (TPSA) is 48.1 Å². The smallest absolute Gasteiger partial charge is 0.343 e. The Morgan fingerprint density at radius 2 is 1.70 bits per heavy atom. The number of halogens is 3. The van der Waals surface area contributed by atoms with Crippen molar-refractivity contribution in [2.45, 2.75) is 31.5 Å². The molecule has 1 saturated heterocycles. The lowest BCUT2D eigenvalue weighted by Crippen LogP contribution is -2.19. The Balaban J connectivity index is 1.33. The van der Waals surface area contributed by atoms with E-state index in [-0.39, 0.29) is 5.56 Å². The van der Waals surface area contributed by atoms with Crippen molar-refractivity contribution in [3.63, 3.8) is 0 Å². The fourth-order valence-corrected chi connectivity index (χ4v) is 3.30. The molecule has 0 bridgehead atoms. The van der Waals surface area contributed by atoms with Crippen LogP contribution in [-0.4, -0.2) is 24.8 Å². The lowest BCUT2D eigenvalue weighted by atomic mass is 9.90. The normalized spacial score (nSPS) is 23.4. The van der Waals surface area contributed by atoms with Crippen LogP contribution in [-0.2, 0) is 4.74 Å². The minimum Gasteiger partial charge on any atom is -0.493 e. The minimum atomic E-state index is -1.61. The van der Waals surface area contributed by atoms with Crippen molar-refractivity contribution >= 4 is 5.97 Å². The van der Waals surface area contributed by atoms with Crippen molar-refractivity contribution < 1.29 is 32.2 Å². The monoisotopic (exact) mass is 378 g/mol.